The van der Waals surface area contributed by atoms with Crippen LogP contribution in [0.3, 0.4) is 0 Å². The molecule has 0 aromatic heterocycles. The summed E-state index contributed by atoms with van der Waals surface area (Å²) >= 11 is 6.47. The highest BCUT2D eigenvalue weighted by Crippen LogP contribution is 2.30. The molecule has 0 radical (unpaired) electrons. The van der Waals surface area contributed by atoms with Crippen LogP contribution in [0.25, 0.3) is 0 Å². The van der Waals surface area contributed by atoms with Crippen LogP contribution >= 0.6 is 11.6 Å². The van der Waals surface area contributed by atoms with E-state index in [4.69, 9.17) is 11.6 Å². The van der Waals surface area contributed by atoms with E-state index in [0.29, 0.717) is 16.2 Å². The molecule has 1 aromatic carbocycles. The molecule has 1 fully saturated rings. The zero-order valence-electron chi connectivity index (χ0n) is 11.9. The smallest absolute Gasteiger partial charge is 0.262 e. The van der Waals surface area contributed by atoms with E-state index in [1.807, 2.05) is 6.92 Å². The Morgan fingerprint density at radius 2 is 1.67 bits per heavy atom. The summed E-state index contributed by atoms with van der Waals surface area (Å²) in [5.41, 5.74) is 2.07. The predicted molar refractivity (Wildman–Crippen MR) is 81.4 cm³/mol. The highest BCUT2D eigenvalue weighted by Gasteiger charge is 2.39. The summed E-state index contributed by atoms with van der Waals surface area (Å²) in [7, 11) is 0. The fraction of sp³-hybridized carbons (Fsp3) is 0.375. The number of piperidine rings is 1. The van der Waals surface area contributed by atoms with Crippen molar-refractivity contribution in [3.63, 3.8) is 0 Å². The van der Waals surface area contributed by atoms with Crippen molar-refractivity contribution < 1.29 is 9.59 Å². The summed E-state index contributed by atoms with van der Waals surface area (Å²) in [6.45, 7) is 3.60. The van der Waals surface area contributed by atoms with E-state index < -0.39 is 6.04 Å². The van der Waals surface area contributed by atoms with Gasteiger partial charge in [0, 0.05) is 5.03 Å². The predicted octanol–water partition coefficient (Wildman–Crippen LogP) is 2.55. The van der Waals surface area contributed by atoms with Crippen LogP contribution in [0, 0.1) is 0 Å². The van der Waals surface area contributed by atoms with Gasteiger partial charge in [-0.2, -0.15) is 0 Å². The first-order valence-corrected chi connectivity index (χ1v) is 7.54. The van der Waals surface area contributed by atoms with Gasteiger partial charge in [0.2, 0.25) is 0 Å². The number of halogens is 1. The summed E-state index contributed by atoms with van der Waals surface area (Å²) < 4.78 is 0. The second-order valence-electron chi connectivity index (χ2n) is 5.40. The van der Waals surface area contributed by atoms with Crippen LogP contribution in [0.2, 0.25) is 0 Å². The van der Waals surface area contributed by atoms with Crippen molar-refractivity contribution in [3.05, 3.63) is 46.0 Å². The third kappa shape index (κ3) is 2.39. The van der Waals surface area contributed by atoms with Crippen LogP contribution in [0.4, 0.5) is 0 Å². The van der Waals surface area contributed by atoms with E-state index in [1.54, 1.807) is 24.3 Å². The Balaban J connectivity index is 1.91. The minimum absolute atomic E-state index is 0.254. The number of fused-ring (bicyclic) bond motifs is 1. The second kappa shape index (κ2) is 5.62. The lowest BCUT2D eigenvalue weighted by molar-refractivity contribution is 0.0622. The molecule has 0 spiro atoms. The van der Waals surface area contributed by atoms with Gasteiger partial charge in [0.05, 0.1) is 17.2 Å². The number of carbonyl (C=O) groups is 2. The van der Waals surface area contributed by atoms with Crippen LogP contribution in [-0.2, 0) is 0 Å². The van der Waals surface area contributed by atoms with Crippen LogP contribution in [-0.4, -0.2) is 35.8 Å². The third-order valence-corrected chi connectivity index (χ3v) is 4.71. The van der Waals surface area contributed by atoms with Crippen LogP contribution < -0.4 is 5.32 Å². The van der Waals surface area contributed by atoms with Gasteiger partial charge in [0.15, 0.2) is 0 Å². The summed E-state index contributed by atoms with van der Waals surface area (Å²) in [5, 5.41) is 3.90. The molecule has 1 saturated heterocycles. The van der Waals surface area contributed by atoms with Gasteiger partial charge < -0.3 is 5.32 Å². The van der Waals surface area contributed by atoms with Crippen molar-refractivity contribution in [1.29, 1.82) is 0 Å². The molecule has 21 heavy (non-hydrogen) atoms. The van der Waals surface area contributed by atoms with Crippen molar-refractivity contribution in [2.75, 3.05) is 13.1 Å². The Kier molecular flexibility index (Phi) is 3.83. The van der Waals surface area contributed by atoms with Gasteiger partial charge in [-0.3, -0.25) is 14.5 Å². The fourth-order valence-corrected chi connectivity index (χ4v) is 3.22. The van der Waals surface area contributed by atoms with E-state index >= 15 is 0 Å². The van der Waals surface area contributed by atoms with Crippen LogP contribution in [0.15, 0.2) is 34.9 Å². The number of hydrogen-bond donors (Lipinski definition) is 1. The molecule has 1 unspecified atom stereocenters. The Bertz CT molecular complexity index is 596. The molecule has 0 saturated carbocycles. The number of imide groups is 1. The van der Waals surface area contributed by atoms with Gasteiger partial charge in [0.25, 0.3) is 11.8 Å². The lowest BCUT2D eigenvalue weighted by Gasteiger charge is -2.26. The number of nitrogens with zero attached hydrogens (tertiary/aromatic N) is 1. The molecule has 2 heterocycles. The maximum Gasteiger partial charge on any atom is 0.262 e. The van der Waals surface area contributed by atoms with Crippen molar-refractivity contribution in [2.45, 2.75) is 25.8 Å². The van der Waals surface area contributed by atoms with Gasteiger partial charge in [-0.15, -0.1) is 0 Å². The SMILES string of the molecule is CC(C(Cl)=C1CCNCC1)N1C(=O)c2ccccc2C1=O. The molecule has 1 aromatic rings. The van der Waals surface area contributed by atoms with E-state index in [0.717, 1.165) is 31.5 Å². The Morgan fingerprint density at radius 3 is 2.19 bits per heavy atom. The molecule has 3 rings (SSSR count). The summed E-state index contributed by atoms with van der Waals surface area (Å²) in [5.74, 6) is -0.508. The zero-order chi connectivity index (χ0) is 15.0. The van der Waals surface area contributed by atoms with Crippen LogP contribution in [0.1, 0.15) is 40.5 Å². The number of rotatable bonds is 2. The molecule has 1 N–H and O–H groups in total. The van der Waals surface area contributed by atoms with E-state index in [-0.39, 0.29) is 11.8 Å². The molecule has 0 bridgehead atoms. The molecular formula is C16H17ClN2O2. The zero-order valence-corrected chi connectivity index (χ0v) is 12.6. The standard InChI is InChI=1S/C16H17ClN2O2/c1-10(14(17)11-6-8-18-9-7-11)19-15(20)12-4-2-3-5-13(12)16(19)21/h2-5,10,18H,6-9H2,1H3. The van der Waals surface area contributed by atoms with E-state index in [9.17, 15) is 9.59 Å². The maximum absolute atomic E-state index is 12.4. The first-order chi connectivity index (χ1) is 10.1. The van der Waals surface area contributed by atoms with Gasteiger partial charge >= 0.3 is 0 Å². The van der Waals surface area contributed by atoms with E-state index in [1.165, 1.54) is 4.90 Å². The summed E-state index contributed by atoms with van der Waals surface area (Å²) in [6, 6.07) is 6.50. The van der Waals surface area contributed by atoms with Gasteiger partial charge in [-0.05, 0) is 45.0 Å². The summed E-state index contributed by atoms with van der Waals surface area (Å²) in [6.07, 6.45) is 1.73. The largest absolute Gasteiger partial charge is 0.316 e. The van der Waals surface area contributed by atoms with Crippen molar-refractivity contribution in [1.82, 2.24) is 10.2 Å². The molecule has 1 atom stereocenters. The van der Waals surface area contributed by atoms with Crippen molar-refractivity contribution >= 4 is 23.4 Å². The molecule has 2 aliphatic rings. The summed E-state index contributed by atoms with van der Waals surface area (Å²) in [4.78, 5) is 26.2. The Labute approximate surface area is 128 Å². The molecule has 0 aliphatic carbocycles. The monoisotopic (exact) mass is 304 g/mol. The molecule has 110 valence electrons. The molecule has 5 heteroatoms. The number of amides is 2. The highest BCUT2D eigenvalue weighted by molar-refractivity contribution is 6.31. The van der Waals surface area contributed by atoms with Crippen molar-refractivity contribution in [2.24, 2.45) is 0 Å². The molecule has 2 aliphatic heterocycles. The average molecular weight is 305 g/mol. The quantitative estimate of drug-likeness (QED) is 0.854. The number of benzene rings is 1. The lowest BCUT2D eigenvalue weighted by atomic mass is 10.0. The van der Waals surface area contributed by atoms with E-state index in [2.05, 4.69) is 5.32 Å². The van der Waals surface area contributed by atoms with Gasteiger partial charge in [0.1, 0.15) is 0 Å². The minimum atomic E-state index is -0.410. The number of hydrogen-bond acceptors (Lipinski definition) is 3. The Morgan fingerprint density at radius 1 is 1.14 bits per heavy atom. The lowest BCUT2D eigenvalue weighted by Crippen LogP contribution is -2.39. The van der Waals surface area contributed by atoms with Crippen molar-refractivity contribution in [3.8, 4) is 0 Å². The minimum Gasteiger partial charge on any atom is -0.316 e. The number of nitrogens with one attached hydrogen (secondary N) is 1. The molecule has 4 nitrogen and oxygen atoms in total. The first kappa shape index (κ1) is 14.3. The maximum atomic E-state index is 12.4. The Hall–Kier alpha value is -1.65. The normalized spacial score (nSPS) is 19.7. The fourth-order valence-electron chi connectivity index (χ4n) is 2.94. The first-order valence-electron chi connectivity index (χ1n) is 7.16. The molecule has 2 amide bonds. The highest BCUT2D eigenvalue weighted by atomic mass is 35.5. The van der Waals surface area contributed by atoms with Gasteiger partial charge in [-0.1, -0.05) is 29.3 Å². The van der Waals surface area contributed by atoms with Crippen LogP contribution in [0.5, 0.6) is 0 Å². The average Bonchev–Trinajstić information content (AvgIpc) is 2.79. The second-order valence-corrected chi connectivity index (χ2v) is 5.81. The molecular weight excluding hydrogens is 288 g/mol. The van der Waals surface area contributed by atoms with Gasteiger partial charge in [-0.25, -0.2) is 0 Å². The number of carbonyl (C=O) groups excluding carboxylic acids is 2. The third-order valence-electron chi connectivity index (χ3n) is 4.12. The topological polar surface area (TPSA) is 49.4 Å².